The molecule has 1 unspecified atom stereocenters. The van der Waals surface area contributed by atoms with Gasteiger partial charge in [0.05, 0.1) is 6.61 Å². The summed E-state index contributed by atoms with van der Waals surface area (Å²) in [5, 5.41) is 3.82. The van der Waals surface area contributed by atoms with E-state index < -0.39 is 12.1 Å². The van der Waals surface area contributed by atoms with Crippen molar-refractivity contribution in [1.82, 2.24) is 5.32 Å². The Hall–Kier alpha value is -2.34. The Balaban J connectivity index is 1.68. The monoisotopic (exact) mass is 373 g/mol. The number of furan rings is 1. The summed E-state index contributed by atoms with van der Waals surface area (Å²) >= 11 is 0. The lowest BCUT2D eigenvalue weighted by atomic mass is 10.1. The second-order valence-electron chi connectivity index (χ2n) is 7.08. The van der Waals surface area contributed by atoms with Crippen molar-refractivity contribution in [3.8, 4) is 0 Å². The van der Waals surface area contributed by atoms with Crippen molar-refractivity contribution >= 4 is 22.8 Å². The van der Waals surface area contributed by atoms with Gasteiger partial charge in [-0.3, -0.25) is 4.79 Å². The molecule has 3 rings (SSSR count). The highest BCUT2D eigenvalue weighted by atomic mass is 16.6. The van der Waals surface area contributed by atoms with Gasteiger partial charge in [0.2, 0.25) is 5.76 Å². The Morgan fingerprint density at radius 1 is 1.19 bits per heavy atom. The lowest BCUT2D eigenvalue weighted by molar-refractivity contribution is -0.130. The number of methoxy groups -OCH3 is 1. The number of ether oxygens (including phenoxy) is 2. The Labute approximate surface area is 159 Å². The molecule has 0 spiro atoms. The van der Waals surface area contributed by atoms with Crippen molar-refractivity contribution in [3.05, 3.63) is 35.6 Å². The molecule has 0 radical (unpaired) electrons. The summed E-state index contributed by atoms with van der Waals surface area (Å²) < 4.78 is 16.3. The molecule has 0 aliphatic heterocycles. The summed E-state index contributed by atoms with van der Waals surface area (Å²) in [6.45, 7) is 1.81. The number of fused-ring (bicyclic) bond motifs is 1. The van der Waals surface area contributed by atoms with E-state index >= 15 is 0 Å². The maximum atomic E-state index is 12.6. The molecular weight excluding hydrogens is 346 g/mol. The summed E-state index contributed by atoms with van der Waals surface area (Å²) in [5.74, 6) is -0.825. The normalized spacial score (nSPS) is 16.7. The third-order valence-corrected chi connectivity index (χ3v) is 5.03. The minimum atomic E-state index is -0.885. The molecule has 1 aromatic heterocycles. The molecule has 1 aromatic carbocycles. The first-order valence-corrected chi connectivity index (χ1v) is 9.61. The van der Waals surface area contributed by atoms with Crippen molar-refractivity contribution in [2.75, 3.05) is 7.11 Å². The van der Waals surface area contributed by atoms with Crippen LogP contribution in [0, 0.1) is 0 Å². The van der Waals surface area contributed by atoms with Gasteiger partial charge in [-0.05, 0) is 25.8 Å². The fraction of sp³-hybridized carbons (Fsp3) is 0.524. The number of hydrogen-bond donors (Lipinski definition) is 1. The van der Waals surface area contributed by atoms with Gasteiger partial charge in [0.1, 0.15) is 5.58 Å². The van der Waals surface area contributed by atoms with Crippen LogP contribution in [0.4, 0.5) is 0 Å². The highest BCUT2D eigenvalue weighted by molar-refractivity contribution is 5.97. The predicted octanol–water partition coefficient (Wildman–Crippen LogP) is 3.96. The van der Waals surface area contributed by atoms with Gasteiger partial charge in [0, 0.05) is 24.1 Å². The zero-order valence-electron chi connectivity index (χ0n) is 16.0. The van der Waals surface area contributed by atoms with Gasteiger partial charge in [-0.1, -0.05) is 43.9 Å². The van der Waals surface area contributed by atoms with E-state index in [1.165, 1.54) is 12.8 Å². The molecule has 1 N–H and O–H groups in total. The predicted molar refractivity (Wildman–Crippen MR) is 101 cm³/mol. The number of carbonyl (C=O) groups excluding carboxylic acids is 2. The average molecular weight is 373 g/mol. The van der Waals surface area contributed by atoms with Gasteiger partial charge >= 0.3 is 5.97 Å². The number of para-hydroxylation sites is 1. The molecular formula is C21H27NO5. The molecule has 2 aromatic rings. The van der Waals surface area contributed by atoms with Crippen LogP contribution in [0.5, 0.6) is 0 Å². The van der Waals surface area contributed by atoms with Gasteiger partial charge in [-0.2, -0.15) is 0 Å². The number of rotatable bonds is 6. The third-order valence-electron chi connectivity index (χ3n) is 5.03. The number of nitrogens with one attached hydrogen (secondary N) is 1. The lowest BCUT2D eigenvalue weighted by Crippen LogP contribution is -2.41. The Morgan fingerprint density at radius 3 is 2.59 bits per heavy atom. The average Bonchev–Trinajstić information content (AvgIpc) is 2.83. The third kappa shape index (κ3) is 4.69. The number of amides is 1. The van der Waals surface area contributed by atoms with E-state index in [-0.39, 0.29) is 24.3 Å². The SMILES string of the molecule is COCc1c(C(=O)OC(C)C(=O)NC2CCCCCC2)oc2ccccc12. The first-order valence-electron chi connectivity index (χ1n) is 9.61. The second-order valence-corrected chi connectivity index (χ2v) is 7.08. The largest absolute Gasteiger partial charge is 0.449 e. The van der Waals surface area contributed by atoms with Crippen molar-refractivity contribution in [1.29, 1.82) is 0 Å². The highest BCUT2D eigenvalue weighted by Crippen LogP contribution is 2.27. The van der Waals surface area contributed by atoms with Crippen LogP contribution in [-0.2, 0) is 20.9 Å². The Kier molecular flexibility index (Phi) is 6.50. The molecule has 1 amide bonds. The van der Waals surface area contributed by atoms with Crippen LogP contribution in [0.25, 0.3) is 11.0 Å². The fourth-order valence-corrected chi connectivity index (χ4v) is 3.56. The van der Waals surface area contributed by atoms with Crippen molar-refractivity contribution in [2.24, 2.45) is 0 Å². The van der Waals surface area contributed by atoms with Crippen LogP contribution in [-0.4, -0.2) is 31.1 Å². The molecule has 27 heavy (non-hydrogen) atoms. The number of esters is 1. The van der Waals surface area contributed by atoms with Crippen molar-refractivity contribution < 1.29 is 23.5 Å². The molecule has 1 aliphatic rings. The molecule has 1 fully saturated rings. The van der Waals surface area contributed by atoms with Gasteiger partial charge in [0.15, 0.2) is 6.10 Å². The van der Waals surface area contributed by atoms with E-state index in [0.717, 1.165) is 31.1 Å². The minimum absolute atomic E-state index is 0.0900. The lowest BCUT2D eigenvalue weighted by Gasteiger charge is -2.19. The molecule has 1 aliphatic carbocycles. The molecule has 1 atom stereocenters. The second kappa shape index (κ2) is 9.04. The topological polar surface area (TPSA) is 77.8 Å². The summed E-state index contributed by atoms with van der Waals surface area (Å²) in [4.78, 5) is 25.0. The van der Waals surface area contributed by atoms with Crippen LogP contribution in [0.15, 0.2) is 28.7 Å². The van der Waals surface area contributed by atoms with E-state index in [0.29, 0.717) is 11.1 Å². The molecule has 1 saturated carbocycles. The first-order chi connectivity index (χ1) is 13.1. The smallest absolute Gasteiger partial charge is 0.375 e. The summed E-state index contributed by atoms with van der Waals surface area (Å²) in [6.07, 6.45) is 5.75. The van der Waals surface area contributed by atoms with Crippen LogP contribution in [0.2, 0.25) is 0 Å². The maximum Gasteiger partial charge on any atom is 0.375 e. The Bertz CT molecular complexity index is 789. The van der Waals surface area contributed by atoms with Crippen LogP contribution in [0.3, 0.4) is 0 Å². The summed E-state index contributed by atoms with van der Waals surface area (Å²) in [6, 6.07) is 7.52. The van der Waals surface area contributed by atoms with Crippen LogP contribution < -0.4 is 5.32 Å². The summed E-state index contributed by atoms with van der Waals surface area (Å²) in [7, 11) is 1.56. The molecule has 1 heterocycles. The highest BCUT2D eigenvalue weighted by Gasteiger charge is 2.27. The standard InChI is InChI=1S/C21H27NO5/c1-14(20(23)22-15-9-5-3-4-6-10-15)26-21(24)19-17(13-25-2)16-11-7-8-12-18(16)27-19/h7-8,11-12,14-15H,3-6,9-10,13H2,1-2H3,(H,22,23). The van der Waals surface area contributed by atoms with Gasteiger partial charge < -0.3 is 19.2 Å². The van der Waals surface area contributed by atoms with Crippen molar-refractivity contribution in [3.63, 3.8) is 0 Å². The van der Waals surface area contributed by atoms with Crippen LogP contribution >= 0.6 is 0 Å². The number of carbonyl (C=O) groups is 2. The van der Waals surface area contributed by atoms with Crippen LogP contribution in [0.1, 0.15) is 61.6 Å². The number of hydrogen-bond acceptors (Lipinski definition) is 5. The van der Waals surface area contributed by atoms with E-state index in [4.69, 9.17) is 13.9 Å². The van der Waals surface area contributed by atoms with Gasteiger partial charge in [0.25, 0.3) is 5.91 Å². The van der Waals surface area contributed by atoms with E-state index in [1.54, 1.807) is 20.1 Å². The first kappa shape index (κ1) is 19.4. The van der Waals surface area contributed by atoms with Gasteiger partial charge in [-0.25, -0.2) is 4.79 Å². The summed E-state index contributed by atoms with van der Waals surface area (Å²) in [5.41, 5.74) is 1.22. The molecule has 0 saturated heterocycles. The zero-order valence-corrected chi connectivity index (χ0v) is 16.0. The minimum Gasteiger partial charge on any atom is -0.449 e. The van der Waals surface area contributed by atoms with E-state index in [9.17, 15) is 9.59 Å². The van der Waals surface area contributed by atoms with E-state index in [2.05, 4.69) is 5.32 Å². The number of benzene rings is 1. The maximum absolute atomic E-state index is 12.6. The van der Waals surface area contributed by atoms with Gasteiger partial charge in [-0.15, -0.1) is 0 Å². The molecule has 6 nitrogen and oxygen atoms in total. The van der Waals surface area contributed by atoms with E-state index in [1.807, 2.05) is 18.2 Å². The molecule has 6 heteroatoms. The quantitative estimate of drug-likeness (QED) is 0.612. The zero-order chi connectivity index (χ0) is 19.2. The Morgan fingerprint density at radius 2 is 1.89 bits per heavy atom. The molecule has 146 valence electrons. The molecule has 0 bridgehead atoms. The van der Waals surface area contributed by atoms with Crippen molar-refractivity contribution in [2.45, 2.75) is 64.2 Å². The fourth-order valence-electron chi connectivity index (χ4n) is 3.56.